The molecule has 1 aliphatic heterocycles. The Morgan fingerprint density at radius 2 is 1.84 bits per heavy atom. The number of anilines is 1. The molecule has 0 N–H and O–H groups in total. The summed E-state index contributed by atoms with van der Waals surface area (Å²) in [4.78, 5) is 13.0. The summed E-state index contributed by atoms with van der Waals surface area (Å²) in [6, 6.07) is 22.0. The molecule has 3 nitrogen and oxygen atoms in total. The van der Waals surface area contributed by atoms with Crippen LogP contribution in [-0.2, 0) is 30.7 Å². The van der Waals surface area contributed by atoms with Gasteiger partial charge in [-0.05, 0) is 60.1 Å². The molecule has 4 rings (SSSR count). The van der Waals surface area contributed by atoms with Crippen LogP contribution >= 0.6 is 0 Å². The van der Waals surface area contributed by atoms with E-state index in [4.69, 9.17) is 4.74 Å². The average Bonchev–Trinajstić information content (AvgIpc) is 2.81. The maximum atomic E-state index is 14.2. The van der Waals surface area contributed by atoms with Crippen LogP contribution in [0.3, 0.4) is 0 Å². The number of fused-ring (bicyclic) bond motifs is 1. The number of aryl methyl sites for hydroxylation is 2. The molecule has 0 amide bonds. The van der Waals surface area contributed by atoms with Gasteiger partial charge in [0.25, 0.3) is 0 Å². The van der Waals surface area contributed by atoms with Gasteiger partial charge in [-0.1, -0.05) is 48.5 Å². The minimum absolute atomic E-state index is 0.322. The summed E-state index contributed by atoms with van der Waals surface area (Å²) in [5.74, 6) is 0.183. The molecular weight excluding hydrogens is 389 g/mol. The van der Waals surface area contributed by atoms with E-state index in [-0.39, 0.29) is 5.82 Å². The Hall–Kier alpha value is -3.14. The van der Waals surface area contributed by atoms with Crippen molar-refractivity contribution in [2.75, 3.05) is 18.0 Å². The van der Waals surface area contributed by atoms with Crippen LogP contribution in [0.5, 0.6) is 5.75 Å². The van der Waals surface area contributed by atoms with E-state index in [1.54, 1.807) is 12.1 Å². The van der Waals surface area contributed by atoms with Crippen molar-refractivity contribution in [2.45, 2.75) is 38.7 Å². The fourth-order valence-corrected chi connectivity index (χ4v) is 4.13. The first-order valence-electron chi connectivity index (χ1n) is 11.0. The molecule has 0 atom stereocenters. The topological polar surface area (TPSA) is 29.5 Å². The third-order valence-electron chi connectivity index (χ3n) is 5.84. The van der Waals surface area contributed by atoms with E-state index in [2.05, 4.69) is 53.4 Å². The molecule has 1 heterocycles. The minimum atomic E-state index is -0.322. The Balaban J connectivity index is 1.41. The number of carbonyl (C=O) groups excluding carboxylic acids is 1. The second-order valence-corrected chi connectivity index (χ2v) is 8.04. The van der Waals surface area contributed by atoms with Gasteiger partial charge in [0.2, 0.25) is 0 Å². The highest BCUT2D eigenvalue weighted by Gasteiger charge is 2.17. The van der Waals surface area contributed by atoms with Gasteiger partial charge in [-0.3, -0.25) is 0 Å². The second kappa shape index (κ2) is 10.3. The van der Waals surface area contributed by atoms with Gasteiger partial charge < -0.3 is 14.4 Å². The summed E-state index contributed by atoms with van der Waals surface area (Å²) in [5.41, 5.74) is 5.65. The average molecular weight is 418 g/mol. The van der Waals surface area contributed by atoms with Crippen molar-refractivity contribution >= 4 is 12.0 Å². The van der Waals surface area contributed by atoms with E-state index < -0.39 is 0 Å². The van der Waals surface area contributed by atoms with E-state index >= 15 is 0 Å². The van der Waals surface area contributed by atoms with Crippen LogP contribution in [0, 0.1) is 5.82 Å². The van der Waals surface area contributed by atoms with Crippen molar-refractivity contribution in [3.63, 3.8) is 0 Å². The van der Waals surface area contributed by atoms with Crippen molar-refractivity contribution in [2.24, 2.45) is 0 Å². The maximum absolute atomic E-state index is 14.2. The molecule has 0 fully saturated rings. The van der Waals surface area contributed by atoms with Gasteiger partial charge in [0.05, 0.1) is 0 Å². The van der Waals surface area contributed by atoms with Gasteiger partial charge in [0.1, 0.15) is 24.5 Å². The van der Waals surface area contributed by atoms with Crippen LogP contribution in [-0.4, -0.2) is 19.4 Å². The summed E-state index contributed by atoms with van der Waals surface area (Å²) >= 11 is 0. The summed E-state index contributed by atoms with van der Waals surface area (Å²) in [7, 11) is 0. The Labute approximate surface area is 183 Å². The smallest absolute Gasteiger partial charge is 0.130 e. The fraction of sp³-hybridized carbons (Fsp3) is 0.296. The number of halogens is 1. The van der Waals surface area contributed by atoms with Gasteiger partial charge >= 0.3 is 0 Å². The molecule has 0 unspecified atom stereocenters. The highest BCUT2D eigenvalue weighted by molar-refractivity contribution is 5.57. The van der Waals surface area contributed by atoms with Gasteiger partial charge in [-0.15, -0.1) is 0 Å². The van der Waals surface area contributed by atoms with Crippen LogP contribution in [0.25, 0.3) is 0 Å². The first-order chi connectivity index (χ1) is 15.2. The summed E-state index contributed by atoms with van der Waals surface area (Å²) < 4.78 is 20.1. The van der Waals surface area contributed by atoms with Crippen LogP contribution in [0.15, 0.2) is 66.7 Å². The molecule has 160 valence electrons. The first-order valence-corrected chi connectivity index (χ1v) is 11.0. The molecule has 0 aliphatic carbocycles. The molecule has 31 heavy (non-hydrogen) atoms. The van der Waals surface area contributed by atoms with Crippen molar-refractivity contribution in [1.82, 2.24) is 0 Å². The van der Waals surface area contributed by atoms with Crippen molar-refractivity contribution in [1.29, 1.82) is 0 Å². The zero-order valence-electron chi connectivity index (χ0n) is 17.7. The quantitative estimate of drug-likeness (QED) is 0.429. The zero-order chi connectivity index (χ0) is 21.5. The molecule has 0 saturated carbocycles. The SMILES string of the molecule is O=CCCc1ccc(OCc2ccc3c(c2)N(CCc2ccccc2)CCC3)cc1F. The van der Waals surface area contributed by atoms with E-state index in [1.807, 2.05) is 0 Å². The Morgan fingerprint density at radius 3 is 2.65 bits per heavy atom. The first kappa shape index (κ1) is 21.1. The summed E-state index contributed by atoms with van der Waals surface area (Å²) in [5, 5.41) is 0. The molecular formula is C27H28FNO2. The molecule has 1 aliphatic rings. The number of aldehydes is 1. The van der Waals surface area contributed by atoms with Gasteiger partial charge in [0, 0.05) is 31.3 Å². The van der Waals surface area contributed by atoms with Gasteiger partial charge in [0.15, 0.2) is 0 Å². The third-order valence-corrected chi connectivity index (χ3v) is 5.84. The van der Waals surface area contributed by atoms with E-state index in [1.165, 1.54) is 29.3 Å². The molecule has 4 heteroatoms. The molecule has 0 bridgehead atoms. The van der Waals surface area contributed by atoms with Crippen LogP contribution < -0.4 is 9.64 Å². The lowest BCUT2D eigenvalue weighted by Crippen LogP contribution is -2.31. The number of nitrogens with zero attached hydrogens (tertiary/aromatic N) is 1. The van der Waals surface area contributed by atoms with E-state index in [0.717, 1.165) is 37.8 Å². The van der Waals surface area contributed by atoms with Crippen molar-refractivity contribution in [3.05, 3.63) is 94.8 Å². The summed E-state index contributed by atoms with van der Waals surface area (Å²) in [6.07, 6.45) is 4.85. The number of benzene rings is 3. The van der Waals surface area contributed by atoms with Crippen LogP contribution in [0.1, 0.15) is 35.1 Å². The molecule has 3 aromatic carbocycles. The number of ether oxygens (including phenoxy) is 1. The molecule has 0 aromatic heterocycles. The zero-order valence-corrected chi connectivity index (χ0v) is 17.7. The Bertz CT molecular complexity index is 1020. The lowest BCUT2D eigenvalue weighted by atomic mass is 9.99. The van der Waals surface area contributed by atoms with Crippen LogP contribution in [0.2, 0.25) is 0 Å². The molecule has 0 saturated heterocycles. The number of hydrogen-bond donors (Lipinski definition) is 0. The highest BCUT2D eigenvalue weighted by Crippen LogP contribution is 2.29. The number of rotatable bonds is 9. The van der Waals surface area contributed by atoms with Gasteiger partial charge in [-0.2, -0.15) is 0 Å². The van der Waals surface area contributed by atoms with E-state index in [9.17, 15) is 9.18 Å². The minimum Gasteiger partial charge on any atom is -0.489 e. The normalized spacial score (nSPS) is 13.0. The Kier molecular flexibility index (Phi) is 6.98. The predicted molar refractivity (Wildman–Crippen MR) is 122 cm³/mol. The van der Waals surface area contributed by atoms with E-state index in [0.29, 0.717) is 30.8 Å². The Morgan fingerprint density at radius 1 is 0.968 bits per heavy atom. The lowest BCUT2D eigenvalue weighted by molar-refractivity contribution is -0.107. The molecule has 3 aromatic rings. The lowest BCUT2D eigenvalue weighted by Gasteiger charge is -2.32. The largest absolute Gasteiger partial charge is 0.489 e. The fourth-order valence-electron chi connectivity index (χ4n) is 4.13. The monoisotopic (exact) mass is 417 g/mol. The number of carbonyl (C=O) groups is 1. The maximum Gasteiger partial charge on any atom is 0.130 e. The highest BCUT2D eigenvalue weighted by atomic mass is 19.1. The van der Waals surface area contributed by atoms with Gasteiger partial charge in [-0.25, -0.2) is 4.39 Å². The van der Waals surface area contributed by atoms with Crippen LogP contribution in [0.4, 0.5) is 10.1 Å². The molecule has 0 spiro atoms. The molecule has 0 radical (unpaired) electrons. The van der Waals surface area contributed by atoms with Crippen molar-refractivity contribution in [3.8, 4) is 5.75 Å². The number of hydrogen-bond acceptors (Lipinski definition) is 3. The second-order valence-electron chi connectivity index (χ2n) is 8.04. The standard InChI is InChI=1S/C27H28FNO2/c28-26-19-25(13-12-23(26)9-5-17-30)31-20-22-10-11-24-8-4-15-29(27(24)18-22)16-14-21-6-2-1-3-7-21/h1-3,6-7,10-13,17-19H,4-5,8-9,14-16,20H2. The third kappa shape index (κ3) is 5.52. The van der Waals surface area contributed by atoms with Crippen molar-refractivity contribution < 1.29 is 13.9 Å². The predicted octanol–water partition coefficient (Wildman–Crippen LogP) is 5.53. The summed E-state index contributed by atoms with van der Waals surface area (Å²) in [6.45, 7) is 2.46.